The zero-order chi connectivity index (χ0) is 40.0. The largest absolute Gasteiger partial charge is 0.416 e. The monoisotopic (exact) mass is 814 g/mol. The fourth-order valence-electron chi connectivity index (χ4n) is 6.84. The van der Waals surface area contributed by atoms with Crippen LogP contribution in [0.1, 0.15) is 33.9 Å². The number of halogens is 6. The Kier molecular flexibility index (Phi) is 9.61. The maximum Gasteiger partial charge on any atom is 0.416 e. The van der Waals surface area contributed by atoms with Crippen LogP contribution in [0.3, 0.4) is 0 Å². The van der Waals surface area contributed by atoms with Crippen molar-refractivity contribution in [3.05, 3.63) is 167 Å². The maximum atomic E-state index is 13.5. The number of benzene rings is 4. The van der Waals surface area contributed by atoms with Crippen molar-refractivity contribution in [2.75, 3.05) is 0 Å². The normalized spacial score (nSPS) is 12.7. The third-order valence-corrected chi connectivity index (χ3v) is 11.9. The van der Waals surface area contributed by atoms with Crippen molar-refractivity contribution in [3.8, 4) is 22.3 Å². The quantitative estimate of drug-likeness (QED) is 0.164. The van der Waals surface area contributed by atoms with Crippen molar-refractivity contribution in [3.63, 3.8) is 0 Å². The Balaban J connectivity index is 1.34. The Morgan fingerprint density at radius 3 is 1.09 bits per heavy atom. The summed E-state index contributed by atoms with van der Waals surface area (Å²) in [6.07, 6.45) is -1.29. The summed E-state index contributed by atoms with van der Waals surface area (Å²) in [6, 6.07) is 37.4. The van der Waals surface area contributed by atoms with Crippen LogP contribution in [0.4, 0.5) is 26.3 Å². The van der Waals surface area contributed by atoms with E-state index in [1.807, 2.05) is 109 Å². The van der Waals surface area contributed by atoms with Gasteiger partial charge in [0.05, 0.1) is 54.7 Å². The second kappa shape index (κ2) is 14.9. The first-order valence-corrected chi connectivity index (χ1v) is 19.6. The summed E-state index contributed by atoms with van der Waals surface area (Å²) in [4.78, 5) is 20.1. The molecule has 9 rings (SSSR count). The Bertz CT molecular complexity index is 2690. The standard InChI is InChI=1S/C46H28F6N4S2/c47-45(48,49)29-11-15-31(16-12-29)57-43-37-23-19-33(53-37)41(27-7-3-1-4-8-27)34-20-24-38(54-34)44(58-32-17-13-30(14-18-32)46(50,51)52)40-26-22-36(56-40)42(28-9-5-2-6-10-28)35-21-25-39(43)55-35/h1-26,53,56H. The molecular weight excluding hydrogens is 787 g/mol. The summed E-state index contributed by atoms with van der Waals surface area (Å²) >= 11 is 2.62. The predicted molar refractivity (Wildman–Crippen MR) is 221 cm³/mol. The van der Waals surface area contributed by atoms with E-state index in [4.69, 9.17) is 9.97 Å². The average Bonchev–Trinajstić information content (AvgIpc) is 4.06. The minimum atomic E-state index is -4.46. The molecule has 4 aromatic carbocycles. The molecular formula is C46H28F6N4S2. The summed E-state index contributed by atoms with van der Waals surface area (Å²) in [5.41, 5.74) is 7.31. The smallest absolute Gasteiger partial charge is 0.354 e. The van der Waals surface area contributed by atoms with E-state index >= 15 is 0 Å². The minimum Gasteiger partial charge on any atom is -0.354 e. The predicted octanol–water partition coefficient (Wildman–Crippen LogP) is 14.3. The molecule has 8 bridgehead atoms. The molecule has 12 heteroatoms. The summed E-state index contributed by atoms with van der Waals surface area (Å²) in [5, 5.41) is 0. The van der Waals surface area contributed by atoms with Gasteiger partial charge in [-0.05, 0) is 108 Å². The van der Waals surface area contributed by atoms with Crippen LogP contribution in [0.15, 0.2) is 153 Å². The molecule has 2 aliphatic rings. The number of fused-ring (bicyclic) bond motifs is 8. The van der Waals surface area contributed by atoms with Crippen LogP contribution in [0.2, 0.25) is 0 Å². The molecule has 0 amide bonds. The van der Waals surface area contributed by atoms with Gasteiger partial charge in [0.1, 0.15) is 0 Å². The first-order chi connectivity index (χ1) is 28.0. The fraction of sp³-hybridized carbons (Fsp3) is 0.0435. The molecule has 0 aliphatic carbocycles. The van der Waals surface area contributed by atoms with Gasteiger partial charge < -0.3 is 9.97 Å². The van der Waals surface area contributed by atoms with Crippen LogP contribution < -0.4 is 0 Å². The van der Waals surface area contributed by atoms with Crippen molar-refractivity contribution in [2.24, 2.45) is 0 Å². The lowest BCUT2D eigenvalue weighted by Crippen LogP contribution is -2.03. The number of H-pyrrole nitrogens is 2. The second-order valence-corrected chi connectivity index (χ2v) is 15.6. The van der Waals surface area contributed by atoms with E-state index in [-0.39, 0.29) is 0 Å². The highest BCUT2D eigenvalue weighted by atomic mass is 32.2. The van der Waals surface area contributed by atoms with Gasteiger partial charge in [-0.2, -0.15) is 26.3 Å². The lowest BCUT2D eigenvalue weighted by Gasteiger charge is -2.09. The Labute approximate surface area is 336 Å². The summed E-state index contributed by atoms with van der Waals surface area (Å²) < 4.78 is 81.0. The van der Waals surface area contributed by atoms with E-state index in [9.17, 15) is 26.3 Å². The molecule has 2 aliphatic heterocycles. The summed E-state index contributed by atoms with van der Waals surface area (Å²) in [7, 11) is 0. The van der Waals surface area contributed by atoms with Gasteiger partial charge >= 0.3 is 12.4 Å². The Morgan fingerprint density at radius 2 is 0.724 bits per heavy atom. The molecule has 3 aromatic heterocycles. The van der Waals surface area contributed by atoms with Crippen molar-refractivity contribution in [2.45, 2.75) is 31.9 Å². The molecule has 0 atom stereocenters. The summed E-state index contributed by atoms with van der Waals surface area (Å²) in [5.74, 6) is 0. The molecule has 0 fully saturated rings. The first-order valence-electron chi connectivity index (χ1n) is 18.0. The van der Waals surface area contributed by atoms with E-state index < -0.39 is 23.5 Å². The maximum absolute atomic E-state index is 13.5. The fourth-order valence-corrected chi connectivity index (χ4v) is 8.76. The molecule has 0 saturated carbocycles. The first kappa shape index (κ1) is 37.3. The lowest BCUT2D eigenvalue weighted by atomic mass is 10.0. The zero-order valence-electron chi connectivity index (χ0n) is 30.0. The summed E-state index contributed by atoms with van der Waals surface area (Å²) in [6.45, 7) is 0. The lowest BCUT2D eigenvalue weighted by molar-refractivity contribution is -0.138. The SMILES string of the molecule is FC(F)(F)c1ccc(Sc2c3nc(c(-c4ccccc4)c4ccc([nH]4)c(Sc4ccc(C(F)(F)F)cc4)c4nc(c(-c5ccccc5)c5ccc2[nH]5)C=C4)C=C3)cc1. The number of hydrogen-bond acceptors (Lipinski definition) is 4. The number of rotatable bonds is 6. The highest BCUT2D eigenvalue weighted by Gasteiger charge is 2.31. The van der Waals surface area contributed by atoms with E-state index in [1.54, 1.807) is 0 Å². The molecule has 0 saturated heterocycles. The molecule has 286 valence electrons. The van der Waals surface area contributed by atoms with Crippen molar-refractivity contribution >= 4 is 69.9 Å². The number of aromatic amines is 2. The van der Waals surface area contributed by atoms with Crippen molar-refractivity contribution in [1.82, 2.24) is 19.9 Å². The van der Waals surface area contributed by atoms with Crippen LogP contribution >= 0.6 is 23.5 Å². The molecule has 2 N–H and O–H groups in total. The van der Waals surface area contributed by atoms with Gasteiger partial charge in [-0.1, -0.05) is 84.2 Å². The number of alkyl halides is 6. The van der Waals surface area contributed by atoms with E-state index in [1.165, 1.54) is 47.8 Å². The third kappa shape index (κ3) is 7.48. The van der Waals surface area contributed by atoms with Crippen LogP contribution in [0.25, 0.3) is 68.6 Å². The van der Waals surface area contributed by atoms with Gasteiger partial charge in [0.2, 0.25) is 0 Å². The van der Waals surface area contributed by atoms with Crippen LogP contribution in [0, 0.1) is 0 Å². The van der Waals surface area contributed by atoms with Crippen molar-refractivity contribution < 1.29 is 26.3 Å². The van der Waals surface area contributed by atoms with Crippen LogP contribution in [0.5, 0.6) is 0 Å². The van der Waals surface area contributed by atoms with Gasteiger partial charge in [0.15, 0.2) is 0 Å². The number of nitrogens with zero attached hydrogens (tertiary/aromatic N) is 2. The third-order valence-electron chi connectivity index (χ3n) is 9.59. The number of hydrogen-bond donors (Lipinski definition) is 2. The van der Waals surface area contributed by atoms with Gasteiger partial charge in [0.25, 0.3) is 0 Å². The van der Waals surface area contributed by atoms with Crippen LogP contribution in [-0.2, 0) is 12.4 Å². The van der Waals surface area contributed by atoms with Gasteiger partial charge in [-0.25, -0.2) is 9.97 Å². The average molecular weight is 815 g/mol. The minimum absolute atomic E-state index is 0.600. The molecule has 0 radical (unpaired) electrons. The number of nitrogens with one attached hydrogen (secondary N) is 2. The van der Waals surface area contributed by atoms with Crippen molar-refractivity contribution in [1.29, 1.82) is 0 Å². The highest BCUT2D eigenvalue weighted by molar-refractivity contribution is 7.99. The van der Waals surface area contributed by atoms with Gasteiger partial charge in [-0.15, -0.1) is 0 Å². The molecule has 0 spiro atoms. The molecule has 7 aromatic rings. The molecule has 5 heterocycles. The number of aromatic nitrogens is 4. The second-order valence-electron chi connectivity index (χ2n) is 13.4. The van der Waals surface area contributed by atoms with E-state index in [0.717, 1.165) is 57.6 Å². The highest BCUT2D eigenvalue weighted by Crippen LogP contribution is 2.42. The van der Waals surface area contributed by atoms with Gasteiger partial charge in [-0.3, -0.25) is 0 Å². The van der Waals surface area contributed by atoms with Gasteiger partial charge in [0, 0.05) is 32.0 Å². The molecule has 4 nitrogen and oxygen atoms in total. The molecule has 0 unspecified atom stereocenters. The Morgan fingerprint density at radius 1 is 0.379 bits per heavy atom. The topological polar surface area (TPSA) is 57.4 Å². The Hall–Kier alpha value is -6.24. The van der Waals surface area contributed by atoms with E-state index in [2.05, 4.69) is 9.97 Å². The van der Waals surface area contributed by atoms with Crippen LogP contribution in [-0.4, -0.2) is 19.9 Å². The zero-order valence-corrected chi connectivity index (χ0v) is 31.6. The van der Waals surface area contributed by atoms with E-state index in [0.29, 0.717) is 53.4 Å². The molecule has 58 heavy (non-hydrogen) atoms.